The Morgan fingerprint density at radius 3 is 2.65 bits per heavy atom. The zero-order chi connectivity index (χ0) is 22.0. The third-order valence-electron chi connectivity index (χ3n) is 5.07. The van der Waals surface area contributed by atoms with Crippen LogP contribution in [0.4, 0.5) is 16.2 Å². The van der Waals surface area contributed by atoms with E-state index in [2.05, 4.69) is 25.3 Å². The molecule has 0 unspecified atom stereocenters. The molecule has 0 spiro atoms. The summed E-state index contributed by atoms with van der Waals surface area (Å²) in [7, 11) is 0. The molecule has 5 N–H and O–H groups in total. The van der Waals surface area contributed by atoms with Gasteiger partial charge in [-0.05, 0) is 50.2 Å². The molecule has 0 bridgehead atoms. The minimum atomic E-state index is -0.682. The second kappa shape index (κ2) is 8.60. The van der Waals surface area contributed by atoms with E-state index in [1.807, 2.05) is 0 Å². The van der Waals surface area contributed by atoms with Gasteiger partial charge in [-0.15, -0.1) is 0 Å². The molecule has 9 nitrogen and oxygen atoms in total. The third kappa shape index (κ3) is 4.43. The number of carbonyl (C=O) groups is 1. The van der Waals surface area contributed by atoms with Gasteiger partial charge in [-0.3, -0.25) is 4.79 Å². The summed E-state index contributed by atoms with van der Waals surface area (Å²) < 4.78 is 19.9. The molecule has 1 fully saturated rings. The predicted molar refractivity (Wildman–Crippen MR) is 113 cm³/mol. The van der Waals surface area contributed by atoms with Crippen molar-refractivity contribution in [1.29, 1.82) is 0 Å². The van der Waals surface area contributed by atoms with Crippen molar-refractivity contribution < 1.29 is 13.9 Å². The summed E-state index contributed by atoms with van der Waals surface area (Å²) in [5, 5.41) is 3.32. The Morgan fingerprint density at radius 2 is 1.90 bits per heavy atom. The molecule has 160 valence electrons. The van der Waals surface area contributed by atoms with Gasteiger partial charge < -0.3 is 21.5 Å². The summed E-state index contributed by atoms with van der Waals surface area (Å²) in [6.45, 7) is 3.06. The van der Waals surface area contributed by atoms with Crippen LogP contribution in [0.1, 0.15) is 31.4 Å². The Balaban J connectivity index is 1.84. The Hall–Kier alpha value is -3.66. The van der Waals surface area contributed by atoms with Crippen LogP contribution in [0.15, 0.2) is 30.5 Å². The molecular weight excluding hydrogens is 401 g/mol. The van der Waals surface area contributed by atoms with Gasteiger partial charge in [0.2, 0.25) is 5.95 Å². The zero-order valence-corrected chi connectivity index (χ0v) is 16.9. The number of aromatic nitrogens is 4. The summed E-state index contributed by atoms with van der Waals surface area (Å²) in [6, 6.07) is 6.34. The number of esters is 1. The van der Waals surface area contributed by atoms with Gasteiger partial charge in [0, 0.05) is 30.3 Å². The lowest BCUT2D eigenvalue weighted by Crippen LogP contribution is -2.27. The number of nitrogens with two attached hydrogens (primary N) is 2. The topological polar surface area (TPSA) is 142 Å². The molecule has 4 rings (SSSR count). The summed E-state index contributed by atoms with van der Waals surface area (Å²) in [4.78, 5) is 28.6. The maximum atomic E-state index is 14.5. The van der Waals surface area contributed by atoms with Gasteiger partial charge in [0.25, 0.3) is 0 Å². The van der Waals surface area contributed by atoms with Crippen LogP contribution in [0.2, 0.25) is 0 Å². The van der Waals surface area contributed by atoms with Gasteiger partial charge in [0.1, 0.15) is 5.69 Å². The van der Waals surface area contributed by atoms with Crippen molar-refractivity contribution in [3.8, 4) is 28.4 Å². The van der Waals surface area contributed by atoms with Crippen LogP contribution >= 0.6 is 0 Å². The van der Waals surface area contributed by atoms with Gasteiger partial charge >= 0.3 is 5.97 Å². The van der Waals surface area contributed by atoms with E-state index < -0.39 is 11.8 Å². The molecule has 1 aliphatic heterocycles. The van der Waals surface area contributed by atoms with E-state index in [1.165, 1.54) is 31.3 Å². The molecule has 31 heavy (non-hydrogen) atoms. The van der Waals surface area contributed by atoms with E-state index in [-0.39, 0.29) is 40.4 Å². The summed E-state index contributed by atoms with van der Waals surface area (Å²) in [6.07, 6.45) is 3.23. The van der Waals surface area contributed by atoms with E-state index in [9.17, 15) is 9.18 Å². The molecule has 0 radical (unpaired) electrons. The van der Waals surface area contributed by atoms with Crippen molar-refractivity contribution in [2.45, 2.75) is 25.7 Å². The summed E-state index contributed by atoms with van der Waals surface area (Å²) >= 11 is 0. The van der Waals surface area contributed by atoms with Gasteiger partial charge in [-0.2, -0.15) is 0 Å². The zero-order valence-electron chi connectivity index (χ0n) is 16.9. The number of nitrogen functional groups attached to an aromatic ring is 2. The molecule has 0 aliphatic carbocycles. The van der Waals surface area contributed by atoms with Crippen molar-refractivity contribution in [2.24, 2.45) is 0 Å². The molecular formula is C21H22FN7O2. The highest BCUT2D eigenvalue weighted by Crippen LogP contribution is 2.34. The summed E-state index contributed by atoms with van der Waals surface area (Å²) in [5.74, 6) is -0.929. The number of rotatable bonds is 4. The van der Waals surface area contributed by atoms with Crippen LogP contribution in [0.3, 0.4) is 0 Å². The van der Waals surface area contributed by atoms with E-state index in [1.54, 1.807) is 6.07 Å². The van der Waals surface area contributed by atoms with E-state index in [4.69, 9.17) is 16.2 Å². The van der Waals surface area contributed by atoms with Gasteiger partial charge in [-0.1, -0.05) is 0 Å². The molecule has 3 aromatic heterocycles. The van der Waals surface area contributed by atoms with Crippen molar-refractivity contribution >= 4 is 17.7 Å². The minimum absolute atomic E-state index is 0.0892. The lowest BCUT2D eigenvalue weighted by Gasteiger charge is -2.22. The number of hydrogen-bond donors (Lipinski definition) is 3. The van der Waals surface area contributed by atoms with Crippen molar-refractivity contribution in [3.63, 3.8) is 0 Å². The minimum Gasteiger partial charge on any atom is -0.424 e. The molecule has 3 aromatic rings. The van der Waals surface area contributed by atoms with Crippen LogP contribution in [0.5, 0.6) is 5.75 Å². The Kier molecular flexibility index (Phi) is 5.72. The normalized spacial score (nSPS) is 14.4. The fourth-order valence-electron chi connectivity index (χ4n) is 3.61. The average molecular weight is 423 g/mol. The van der Waals surface area contributed by atoms with Crippen LogP contribution in [-0.4, -0.2) is 39.0 Å². The molecule has 0 aromatic carbocycles. The highest BCUT2D eigenvalue weighted by atomic mass is 19.1. The number of pyridine rings is 2. The molecule has 1 saturated heterocycles. The van der Waals surface area contributed by atoms with Crippen LogP contribution in [0.25, 0.3) is 22.6 Å². The Bertz CT molecular complexity index is 1130. The maximum Gasteiger partial charge on any atom is 0.308 e. The van der Waals surface area contributed by atoms with E-state index in [0.29, 0.717) is 5.69 Å². The SMILES string of the molecule is CC(=O)Oc1ccc(-c2ccnc(N)c2F)nc1-c1cc(C2CCNCC2)nc(N)n1. The second-order valence-corrected chi connectivity index (χ2v) is 7.26. The van der Waals surface area contributed by atoms with Crippen LogP contribution < -0.4 is 21.5 Å². The molecule has 0 saturated carbocycles. The first-order valence-corrected chi connectivity index (χ1v) is 9.87. The fourth-order valence-corrected chi connectivity index (χ4v) is 3.61. The van der Waals surface area contributed by atoms with Crippen LogP contribution in [0, 0.1) is 5.82 Å². The standard InChI is InChI=1S/C21H22FN7O2/c1-11(30)31-17-3-2-14(13-6-9-26-20(23)18(13)22)27-19(17)16-10-15(28-21(24)29-16)12-4-7-25-8-5-12/h2-3,6,9-10,12,25H,4-5,7-8H2,1H3,(H2,23,26)(H2,24,28,29). The molecule has 0 amide bonds. The molecule has 10 heteroatoms. The number of ether oxygens (including phenoxy) is 1. The van der Waals surface area contributed by atoms with E-state index in [0.717, 1.165) is 31.6 Å². The van der Waals surface area contributed by atoms with Crippen molar-refractivity contribution in [2.75, 3.05) is 24.6 Å². The largest absolute Gasteiger partial charge is 0.424 e. The second-order valence-electron chi connectivity index (χ2n) is 7.26. The van der Waals surface area contributed by atoms with Gasteiger partial charge in [-0.25, -0.2) is 24.3 Å². The highest BCUT2D eigenvalue weighted by Gasteiger charge is 2.21. The van der Waals surface area contributed by atoms with Gasteiger partial charge in [0.15, 0.2) is 17.4 Å². The number of carbonyl (C=O) groups excluding carboxylic acids is 1. The molecule has 4 heterocycles. The summed E-state index contributed by atoms with van der Waals surface area (Å²) in [5.41, 5.74) is 13.5. The highest BCUT2D eigenvalue weighted by molar-refractivity contribution is 5.76. The van der Waals surface area contributed by atoms with Gasteiger partial charge in [0.05, 0.1) is 11.4 Å². The fraction of sp³-hybridized carbons (Fsp3) is 0.286. The number of halogens is 1. The molecule has 1 aliphatic rings. The number of nitrogens with zero attached hydrogens (tertiary/aromatic N) is 4. The predicted octanol–water partition coefficient (Wildman–Crippen LogP) is 2.30. The number of anilines is 2. The first-order chi connectivity index (χ1) is 14.9. The lowest BCUT2D eigenvalue weighted by molar-refractivity contribution is -0.131. The molecule has 0 atom stereocenters. The Labute approximate surface area is 178 Å². The monoisotopic (exact) mass is 423 g/mol. The Morgan fingerprint density at radius 1 is 1.13 bits per heavy atom. The number of hydrogen-bond acceptors (Lipinski definition) is 9. The quantitative estimate of drug-likeness (QED) is 0.539. The first-order valence-electron chi connectivity index (χ1n) is 9.87. The average Bonchev–Trinajstić information content (AvgIpc) is 2.76. The lowest BCUT2D eigenvalue weighted by atomic mass is 9.94. The number of nitrogens with one attached hydrogen (secondary N) is 1. The van der Waals surface area contributed by atoms with Crippen molar-refractivity contribution in [1.82, 2.24) is 25.3 Å². The third-order valence-corrected chi connectivity index (χ3v) is 5.07. The van der Waals surface area contributed by atoms with Crippen LogP contribution in [-0.2, 0) is 4.79 Å². The smallest absolute Gasteiger partial charge is 0.308 e. The van der Waals surface area contributed by atoms with E-state index >= 15 is 0 Å². The number of piperidine rings is 1. The maximum absolute atomic E-state index is 14.5. The van der Waals surface area contributed by atoms with Crippen molar-refractivity contribution in [3.05, 3.63) is 42.0 Å². The first kappa shape index (κ1) is 20.6.